The number of amides is 1. The van der Waals surface area contributed by atoms with Crippen molar-refractivity contribution in [2.75, 3.05) is 19.0 Å². The van der Waals surface area contributed by atoms with Gasteiger partial charge in [0, 0.05) is 23.4 Å². The number of hydrogen-bond donors (Lipinski definition) is 1. The summed E-state index contributed by atoms with van der Waals surface area (Å²) in [5.41, 5.74) is 1.63. The Balaban J connectivity index is 1.69. The highest BCUT2D eigenvalue weighted by atomic mass is 16.5. The third kappa shape index (κ3) is 4.76. The molecule has 0 aliphatic heterocycles. The lowest BCUT2D eigenvalue weighted by atomic mass is 10.1. The zero-order chi connectivity index (χ0) is 19.9. The summed E-state index contributed by atoms with van der Waals surface area (Å²) in [6.07, 6.45) is 1.37. The smallest absolute Gasteiger partial charge is 0.254 e. The van der Waals surface area contributed by atoms with E-state index >= 15 is 0 Å². The molecule has 0 aliphatic rings. The first-order valence-corrected chi connectivity index (χ1v) is 8.82. The largest absolute Gasteiger partial charge is 0.497 e. The molecule has 0 spiro atoms. The molecule has 7 heteroatoms. The Morgan fingerprint density at radius 2 is 1.89 bits per heavy atom. The van der Waals surface area contributed by atoms with Crippen LogP contribution >= 0.6 is 0 Å². The molecule has 1 heterocycles. The third-order valence-corrected chi connectivity index (χ3v) is 4.01. The van der Waals surface area contributed by atoms with E-state index in [2.05, 4.69) is 10.3 Å². The Kier molecular flexibility index (Phi) is 6.06. The first-order chi connectivity index (χ1) is 13.6. The third-order valence-electron chi connectivity index (χ3n) is 4.01. The SMILES string of the molecule is CCOc1ccc(-c2cc(=O)n(CC(=O)Nc3cccc(OC)c3)cn2)cc1. The lowest BCUT2D eigenvalue weighted by molar-refractivity contribution is -0.116. The number of nitrogens with zero attached hydrogens (tertiary/aromatic N) is 2. The number of benzene rings is 2. The van der Waals surface area contributed by atoms with Crippen LogP contribution in [0.2, 0.25) is 0 Å². The number of hydrogen-bond acceptors (Lipinski definition) is 5. The topological polar surface area (TPSA) is 82.5 Å². The van der Waals surface area contributed by atoms with Crippen LogP contribution in [0.1, 0.15) is 6.92 Å². The first kappa shape index (κ1) is 19.2. The number of nitrogens with one attached hydrogen (secondary N) is 1. The molecule has 0 atom stereocenters. The van der Waals surface area contributed by atoms with Crippen LogP contribution in [0.25, 0.3) is 11.3 Å². The fourth-order valence-corrected chi connectivity index (χ4v) is 2.65. The molecule has 0 fully saturated rings. The van der Waals surface area contributed by atoms with E-state index in [1.54, 1.807) is 31.4 Å². The summed E-state index contributed by atoms with van der Waals surface area (Å²) in [5.74, 6) is 1.07. The van der Waals surface area contributed by atoms with E-state index < -0.39 is 0 Å². The minimum absolute atomic E-state index is 0.132. The highest BCUT2D eigenvalue weighted by molar-refractivity contribution is 5.90. The Labute approximate surface area is 162 Å². The van der Waals surface area contributed by atoms with Gasteiger partial charge in [0.25, 0.3) is 5.56 Å². The van der Waals surface area contributed by atoms with E-state index in [4.69, 9.17) is 9.47 Å². The molecule has 3 rings (SSSR count). The molecule has 3 aromatic rings. The van der Waals surface area contributed by atoms with Crippen LogP contribution in [-0.4, -0.2) is 29.2 Å². The van der Waals surface area contributed by atoms with Gasteiger partial charge >= 0.3 is 0 Å². The molecule has 0 saturated carbocycles. The lowest BCUT2D eigenvalue weighted by Gasteiger charge is -2.09. The van der Waals surface area contributed by atoms with E-state index in [-0.39, 0.29) is 18.0 Å². The second-order valence-corrected chi connectivity index (χ2v) is 5.98. The first-order valence-electron chi connectivity index (χ1n) is 8.82. The van der Waals surface area contributed by atoms with E-state index in [0.29, 0.717) is 23.7 Å². The van der Waals surface area contributed by atoms with Gasteiger partial charge in [0.15, 0.2) is 0 Å². The van der Waals surface area contributed by atoms with E-state index in [0.717, 1.165) is 11.3 Å². The molecule has 0 radical (unpaired) electrons. The van der Waals surface area contributed by atoms with Crippen LogP contribution in [0.3, 0.4) is 0 Å². The van der Waals surface area contributed by atoms with Gasteiger partial charge in [0.05, 0.1) is 25.7 Å². The molecule has 7 nitrogen and oxygen atoms in total. The van der Waals surface area contributed by atoms with Crippen molar-refractivity contribution < 1.29 is 14.3 Å². The fraction of sp³-hybridized carbons (Fsp3) is 0.190. The van der Waals surface area contributed by atoms with Crippen LogP contribution in [0.15, 0.2) is 65.7 Å². The summed E-state index contributed by atoms with van der Waals surface area (Å²) in [6.45, 7) is 2.37. The number of aromatic nitrogens is 2. The molecule has 1 aromatic heterocycles. The molecule has 28 heavy (non-hydrogen) atoms. The number of carbonyl (C=O) groups excluding carboxylic acids is 1. The highest BCUT2D eigenvalue weighted by Crippen LogP contribution is 2.19. The average molecular weight is 379 g/mol. The molecular weight excluding hydrogens is 358 g/mol. The predicted octanol–water partition coefficient (Wildman–Crippen LogP) is 2.96. The molecule has 144 valence electrons. The summed E-state index contributed by atoms with van der Waals surface area (Å²) in [6, 6.07) is 15.7. The minimum Gasteiger partial charge on any atom is -0.497 e. The maximum Gasteiger partial charge on any atom is 0.254 e. The lowest BCUT2D eigenvalue weighted by Crippen LogP contribution is -2.27. The Morgan fingerprint density at radius 1 is 1.11 bits per heavy atom. The van der Waals surface area contributed by atoms with Crippen LogP contribution in [0.4, 0.5) is 5.69 Å². The Hall–Kier alpha value is -3.61. The van der Waals surface area contributed by atoms with Gasteiger partial charge in [-0.3, -0.25) is 14.2 Å². The molecule has 2 aromatic carbocycles. The monoisotopic (exact) mass is 379 g/mol. The van der Waals surface area contributed by atoms with Crippen LogP contribution < -0.4 is 20.3 Å². The van der Waals surface area contributed by atoms with Crippen molar-refractivity contribution in [1.29, 1.82) is 0 Å². The number of ether oxygens (including phenoxy) is 2. The van der Waals surface area contributed by atoms with Gasteiger partial charge in [-0.1, -0.05) is 6.07 Å². The summed E-state index contributed by atoms with van der Waals surface area (Å²) in [4.78, 5) is 28.9. The van der Waals surface area contributed by atoms with E-state index in [1.807, 2.05) is 31.2 Å². The summed E-state index contributed by atoms with van der Waals surface area (Å²) in [7, 11) is 1.55. The molecule has 1 amide bonds. The van der Waals surface area contributed by atoms with Crippen LogP contribution in [-0.2, 0) is 11.3 Å². The predicted molar refractivity (Wildman–Crippen MR) is 107 cm³/mol. The molecule has 0 unspecified atom stereocenters. The maximum atomic E-state index is 12.4. The highest BCUT2D eigenvalue weighted by Gasteiger charge is 2.08. The number of carbonyl (C=O) groups is 1. The van der Waals surface area contributed by atoms with Crippen LogP contribution in [0.5, 0.6) is 11.5 Å². The number of rotatable bonds is 7. The quantitative estimate of drug-likeness (QED) is 0.682. The van der Waals surface area contributed by atoms with Gasteiger partial charge in [-0.15, -0.1) is 0 Å². The standard InChI is InChI=1S/C21H21N3O4/c1-3-28-17-9-7-15(8-10-17)19-12-21(26)24(14-22-19)13-20(25)23-16-5-4-6-18(11-16)27-2/h4-12,14H,3,13H2,1-2H3,(H,23,25). The van der Waals surface area contributed by atoms with Gasteiger partial charge in [0.1, 0.15) is 18.0 Å². The van der Waals surface area contributed by atoms with E-state index in [9.17, 15) is 9.59 Å². The zero-order valence-electron chi connectivity index (χ0n) is 15.7. The van der Waals surface area contributed by atoms with E-state index in [1.165, 1.54) is 17.0 Å². The van der Waals surface area contributed by atoms with Crippen molar-refractivity contribution in [2.24, 2.45) is 0 Å². The van der Waals surface area contributed by atoms with Crippen molar-refractivity contribution in [1.82, 2.24) is 9.55 Å². The van der Waals surface area contributed by atoms with Crippen molar-refractivity contribution in [3.05, 3.63) is 71.3 Å². The zero-order valence-corrected chi connectivity index (χ0v) is 15.7. The fourth-order valence-electron chi connectivity index (χ4n) is 2.65. The average Bonchev–Trinajstić information content (AvgIpc) is 2.70. The van der Waals surface area contributed by atoms with Crippen molar-refractivity contribution in [3.8, 4) is 22.8 Å². The second-order valence-electron chi connectivity index (χ2n) is 5.98. The van der Waals surface area contributed by atoms with Gasteiger partial charge in [0.2, 0.25) is 5.91 Å². The van der Waals surface area contributed by atoms with Gasteiger partial charge in [-0.25, -0.2) is 4.98 Å². The maximum absolute atomic E-state index is 12.4. The van der Waals surface area contributed by atoms with Crippen molar-refractivity contribution in [2.45, 2.75) is 13.5 Å². The summed E-state index contributed by atoms with van der Waals surface area (Å²) >= 11 is 0. The molecule has 0 aliphatic carbocycles. The van der Waals surface area contributed by atoms with Crippen LogP contribution in [0, 0.1) is 0 Å². The second kappa shape index (κ2) is 8.85. The molecule has 1 N–H and O–H groups in total. The number of methoxy groups -OCH3 is 1. The molecular formula is C21H21N3O4. The minimum atomic E-state index is -0.328. The molecule has 0 bridgehead atoms. The normalized spacial score (nSPS) is 10.4. The van der Waals surface area contributed by atoms with Crippen molar-refractivity contribution >= 4 is 11.6 Å². The summed E-state index contributed by atoms with van der Waals surface area (Å²) < 4.78 is 11.8. The van der Waals surface area contributed by atoms with Gasteiger partial charge in [-0.2, -0.15) is 0 Å². The van der Waals surface area contributed by atoms with Gasteiger partial charge < -0.3 is 14.8 Å². The van der Waals surface area contributed by atoms with Crippen molar-refractivity contribution in [3.63, 3.8) is 0 Å². The number of anilines is 1. The molecule has 0 saturated heterocycles. The van der Waals surface area contributed by atoms with Gasteiger partial charge in [-0.05, 0) is 43.3 Å². The Bertz CT molecular complexity index is 1010. The summed E-state index contributed by atoms with van der Waals surface area (Å²) in [5, 5.41) is 2.74. The Morgan fingerprint density at radius 3 is 2.57 bits per heavy atom.